The van der Waals surface area contributed by atoms with Gasteiger partial charge in [-0.05, 0) is 37.5 Å². The molecule has 0 unspecified atom stereocenters. The number of aromatic amines is 1. The molecule has 1 amide bonds. The molecule has 22 heavy (non-hydrogen) atoms. The summed E-state index contributed by atoms with van der Waals surface area (Å²) >= 11 is 6.03. The second-order valence-electron chi connectivity index (χ2n) is 5.55. The molecule has 6 nitrogen and oxygen atoms in total. The van der Waals surface area contributed by atoms with Crippen LogP contribution in [0.5, 0.6) is 0 Å². The van der Waals surface area contributed by atoms with Crippen LogP contribution < -0.4 is 10.2 Å². The Morgan fingerprint density at radius 2 is 2.36 bits per heavy atom. The van der Waals surface area contributed by atoms with E-state index in [0.717, 1.165) is 30.2 Å². The minimum atomic E-state index is -0.174. The predicted molar refractivity (Wildman–Crippen MR) is 85.2 cm³/mol. The van der Waals surface area contributed by atoms with Gasteiger partial charge >= 0.3 is 0 Å². The highest BCUT2D eigenvalue weighted by atomic mass is 35.5. The predicted octanol–water partition coefficient (Wildman–Crippen LogP) is 2.02. The molecule has 3 rings (SSSR count). The number of nitrogens with one attached hydrogen (secondary N) is 2. The second-order valence-corrected chi connectivity index (χ2v) is 5.98. The van der Waals surface area contributed by atoms with Gasteiger partial charge in [0.1, 0.15) is 0 Å². The molecule has 2 heterocycles. The van der Waals surface area contributed by atoms with E-state index in [4.69, 9.17) is 11.6 Å². The van der Waals surface area contributed by atoms with Gasteiger partial charge in [-0.15, -0.1) is 0 Å². The number of hydrogen-bond acceptors (Lipinski definition) is 4. The normalized spacial score (nSPS) is 17.7. The number of aromatic nitrogens is 3. The van der Waals surface area contributed by atoms with Gasteiger partial charge in [-0.1, -0.05) is 17.7 Å². The Balaban J connectivity index is 1.53. The van der Waals surface area contributed by atoms with Crippen molar-refractivity contribution in [1.29, 1.82) is 0 Å². The number of nitrogens with zero attached hydrogens (tertiary/aromatic N) is 3. The van der Waals surface area contributed by atoms with E-state index in [2.05, 4.69) is 31.7 Å². The third-order valence-electron chi connectivity index (χ3n) is 3.95. The van der Waals surface area contributed by atoms with E-state index >= 15 is 0 Å². The SMILES string of the molecule is Cc1n[nH]nc1C(=O)NC[C@@H]1CCN(c2cccc(Cl)c2)C1. The summed E-state index contributed by atoms with van der Waals surface area (Å²) in [6.45, 7) is 4.29. The molecule has 1 atom stereocenters. The van der Waals surface area contributed by atoms with Crippen molar-refractivity contribution >= 4 is 23.2 Å². The molecule has 1 fully saturated rings. The highest BCUT2D eigenvalue weighted by molar-refractivity contribution is 6.30. The molecule has 0 bridgehead atoms. The van der Waals surface area contributed by atoms with Crippen LogP contribution in [0, 0.1) is 12.8 Å². The summed E-state index contributed by atoms with van der Waals surface area (Å²) in [5.41, 5.74) is 2.11. The first-order valence-electron chi connectivity index (χ1n) is 7.29. The first-order chi connectivity index (χ1) is 10.6. The van der Waals surface area contributed by atoms with Crippen molar-refractivity contribution < 1.29 is 4.79 Å². The lowest BCUT2D eigenvalue weighted by Gasteiger charge is -2.19. The molecule has 1 aromatic carbocycles. The Kier molecular flexibility index (Phi) is 4.29. The standard InChI is InChI=1S/C15H18ClN5O/c1-10-14(19-20-18-10)15(22)17-8-11-5-6-21(9-11)13-4-2-3-12(16)7-13/h2-4,7,11H,5-6,8-9H2,1H3,(H,17,22)(H,18,19,20)/t11-/m0/s1. The third-order valence-corrected chi connectivity index (χ3v) is 4.18. The Bertz CT molecular complexity index is 671. The number of H-pyrrole nitrogens is 1. The molecule has 1 aliphatic rings. The number of anilines is 1. The topological polar surface area (TPSA) is 73.9 Å². The van der Waals surface area contributed by atoms with E-state index in [1.807, 2.05) is 18.2 Å². The maximum atomic E-state index is 12.0. The van der Waals surface area contributed by atoms with Crippen LogP contribution in [0.3, 0.4) is 0 Å². The quantitative estimate of drug-likeness (QED) is 0.904. The van der Waals surface area contributed by atoms with Crippen LogP contribution in [-0.2, 0) is 0 Å². The fourth-order valence-electron chi connectivity index (χ4n) is 2.73. The van der Waals surface area contributed by atoms with E-state index in [1.54, 1.807) is 6.92 Å². The molecule has 0 spiro atoms. The molecule has 7 heteroatoms. The lowest BCUT2D eigenvalue weighted by molar-refractivity contribution is 0.0942. The van der Waals surface area contributed by atoms with Crippen LogP contribution >= 0.6 is 11.6 Å². The number of halogens is 1. The summed E-state index contributed by atoms with van der Waals surface area (Å²) in [5, 5.41) is 13.9. The van der Waals surface area contributed by atoms with Gasteiger partial charge < -0.3 is 10.2 Å². The number of carbonyl (C=O) groups excluding carboxylic acids is 1. The summed E-state index contributed by atoms with van der Waals surface area (Å²) in [6, 6.07) is 7.87. The van der Waals surface area contributed by atoms with E-state index in [1.165, 1.54) is 0 Å². The Hall–Kier alpha value is -2.08. The van der Waals surface area contributed by atoms with Crippen molar-refractivity contribution in [3.8, 4) is 0 Å². The summed E-state index contributed by atoms with van der Waals surface area (Å²) in [4.78, 5) is 14.3. The molecule has 0 saturated carbocycles. The van der Waals surface area contributed by atoms with Gasteiger partial charge in [-0.2, -0.15) is 15.4 Å². The summed E-state index contributed by atoms with van der Waals surface area (Å²) in [6.07, 6.45) is 1.05. The van der Waals surface area contributed by atoms with E-state index in [9.17, 15) is 4.79 Å². The fraction of sp³-hybridized carbons (Fsp3) is 0.400. The number of amides is 1. The third kappa shape index (κ3) is 3.22. The van der Waals surface area contributed by atoms with Crippen LogP contribution in [0.2, 0.25) is 5.02 Å². The van der Waals surface area contributed by atoms with Gasteiger partial charge in [-0.3, -0.25) is 4.79 Å². The average molecular weight is 320 g/mol. The van der Waals surface area contributed by atoms with Gasteiger partial charge in [0.05, 0.1) is 5.69 Å². The zero-order valence-electron chi connectivity index (χ0n) is 12.3. The maximum absolute atomic E-state index is 12.0. The first kappa shape index (κ1) is 14.8. The van der Waals surface area contributed by atoms with Gasteiger partial charge in [0, 0.05) is 30.3 Å². The Labute approximate surface area is 133 Å². The molecule has 1 aromatic heterocycles. The maximum Gasteiger partial charge on any atom is 0.273 e. The van der Waals surface area contributed by atoms with Crippen LogP contribution in [0.25, 0.3) is 0 Å². The summed E-state index contributed by atoms with van der Waals surface area (Å²) in [5.74, 6) is 0.252. The van der Waals surface area contributed by atoms with Crippen LogP contribution in [0.4, 0.5) is 5.69 Å². The molecule has 1 aliphatic heterocycles. The van der Waals surface area contributed by atoms with Crippen LogP contribution in [0.1, 0.15) is 22.6 Å². The van der Waals surface area contributed by atoms with E-state index < -0.39 is 0 Å². The zero-order chi connectivity index (χ0) is 15.5. The fourth-order valence-corrected chi connectivity index (χ4v) is 2.91. The molecular weight excluding hydrogens is 302 g/mol. The molecule has 2 N–H and O–H groups in total. The second kappa shape index (κ2) is 6.36. The highest BCUT2D eigenvalue weighted by Crippen LogP contribution is 2.25. The summed E-state index contributed by atoms with van der Waals surface area (Å²) < 4.78 is 0. The van der Waals surface area contributed by atoms with Crippen molar-refractivity contribution in [3.05, 3.63) is 40.7 Å². The summed E-state index contributed by atoms with van der Waals surface area (Å²) in [7, 11) is 0. The zero-order valence-corrected chi connectivity index (χ0v) is 13.1. The molecule has 1 saturated heterocycles. The lowest BCUT2D eigenvalue weighted by Crippen LogP contribution is -2.31. The van der Waals surface area contributed by atoms with Gasteiger partial charge in [0.25, 0.3) is 5.91 Å². The molecule has 2 aromatic rings. The van der Waals surface area contributed by atoms with Crippen molar-refractivity contribution in [2.45, 2.75) is 13.3 Å². The minimum absolute atomic E-state index is 0.174. The molecule has 116 valence electrons. The first-order valence-corrected chi connectivity index (χ1v) is 7.67. The van der Waals surface area contributed by atoms with E-state index in [-0.39, 0.29) is 5.91 Å². The van der Waals surface area contributed by atoms with Gasteiger partial charge in [-0.25, -0.2) is 0 Å². The number of hydrogen-bond donors (Lipinski definition) is 2. The van der Waals surface area contributed by atoms with E-state index in [0.29, 0.717) is 23.9 Å². The number of aryl methyl sites for hydroxylation is 1. The number of rotatable bonds is 4. The monoisotopic (exact) mass is 319 g/mol. The number of benzene rings is 1. The smallest absolute Gasteiger partial charge is 0.273 e. The van der Waals surface area contributed by atoms with Crippen molar-refractivity contribution in [2.24, 2.45) is 5.92 Å². The van der Waals surface area contributed by atoms with Gasteiger partial charge in [0.15, 0.2) is 5.69 Å². The molecule has 0 aliphatic carbocycles. The molecule has 0 radical (unpaired) electrons. The Morgan fingerprint density at radius 3 is 3.09 bits per heavy atom. The lowest BCUT2D eigenvalue weighted by atomic mass is 10.1. The largest absolute Gasteiger partial charge is 0.371 e. The molecular formula is C15H18ClN5O. The Morgan fingerprint density at radius 1 is 1.50 bits per heavy atom. The average Bonchev–Trinajstić information content (AvgIpc) is 3.14. The minimum Gasteiger partial charge on any atom is -0.371 e. The number of carbonyl (C=O) groups is 1. The van der Waals surface area contributed by atoms with Crippen molar-refractivity contribution in [1.82, 2.24) is 20.7 Å². The van der Waals surface area contributed by atoms with Gasteiger partial charge in [0.2, 0.25) is 0 Å². The van der Waals surface area contributed by atoms with Crippen LogP contribution in [-0.4, -0.2) is 41.0 Å². The van der Waals surface area contributed by atoms with Crippen molar-refractivity contribution in [2.75, 3.05) is 24.5 Å². The highest BCUT2D eigenvalue weighted by Gasteiger charge is 2.24. The van der Waals surface area contributed by atoms with Crippen molar-refractivity contribution in [3.63, 3.8) is 0 Å². The van der Waals surface area contributed by atoms with Crippen LogP contribution in [0.15, 0.2) is 24.3 Å².